The monoisotopic (exact) mass is 284 g/mol. The van der Waals surface area contributed by atoms with Gasteiger partial charge in [0.2, 0.25) is 0 Å². The fourth-order valence-electron chi connectivity index (χ4n) is 1.92. The van der Waals surface area contributed by atoms with Crippen LogP contribution in [0.3, 0.4) is 0 Å². The molecule has 1 aromatic rings. The molecule has 5 nitrogen and oxygen atoms in total. The van der Waals surface area contributed by atoms with E-state index in [4.69, 9.17) is 9.47 Å². The third-order valence-corrected chi connectivity index (χ3v) is 5.09. The molecule has 1 heterocycles. The van der Waals surface area contributed by atoms with Gasteiger partial charge in [0.1, 0.15) is 17.1 Å². The van der Waals surface area contributed by atoms with Gasteiger partial charge in [-0.25, -0.2) is 8.42 Å². The van der Waals surface area contributed by atoms with Gasteiger partial charge in [0.05, 0.1) is 13.2 Å². The fraction of sp³-hybridized carbons (Fsp3) is 0.462. The molecular weight excluding hydrogens is 268 g/mol. The lowest BCUT2D eigenvalue weighted by Gasteiger charge is -2.39. The van der Waals surface area contributed by atoms with Gasteiger partial charge in [0, 0.05) is 6.26 Å². The number of ketones is 1. The molecule has 0 radical (unpaired) electrons. The van der Waals surface area contributed by atoms with Crippen LogP contribution in [0.25, 0.3) is 0 Å². The molecular formula is C13H16O5S. The smallest absolute Gasteiger partial charge is 0.167 e. The van der Waals surface area contributed by atoms with E-state index in [0.717, 1.165) is 0 Å². The molecule has 1 aliphatic heterocycles. The van der Waals surface area contributed by atoms with Crippen LogP contribution < -0.4 is 4.74 Å². The Kier molecular flexibility index (Phi) is 3.64. The van der Waals surface area contributed by atoms with Gasteiger partial charge in [0.15, 0.2) is 15.6 Å². The molecule has 104 valence electrons. The van der Waals surface area contributed by atoms with Gasteiger partial charge >= 0.3 is 0 Å². The largest absolute Gasteiger partial charge is 0.486 e. The Hall–Kier alpha value is -1.40. The zero-order chi connectivity index (χ0) is 14.1. The van der Waals surface area contributed by atoms with Gasteiger partial charge in [-0.15, -0.1) is 0 Å². The first kappa shape index (κ1) is 14.0. The van der Waals surface area contributed by atoms with Crippen molar-refractivity contribution < 1.29 is 22.7 Å². The average molecular weight is 284 g/mol. The summed E-state index contributed by atoms with van der Waals surface area (Å²) in [6.07, 6.45) is 1.22. The Balaban J connectivity index is 2.20. The number of benzene rings is 1. The summed E-state index contributed by atoms with van der Waals surface area (Å²) in [5.41, 5.74) is 0.691. The van der Waals surface area contributed by atoms with Crippen molar-refractivity contribution in [3.05, 3.63) is 29.8 Å². The van der Waals surface area contributed by atoms with Crippen LogP contribution in [-0.4, -0.2) is 40.3 Å². The molecule has 0 saturated carbocycles. The minimum Gasteiger partial charge on any atom is -0.486 e. The van der Waals surface area contributed by atoms with Crippen LogP contribution in [0.15, 0.2) is 24.3 Å². The molecule has 0 unspecified atom stereocenters. The SMILES string of the molecule is CC(=O)COc1ccc(C2(S(C)(=O)=O)COC2)cc1. The topological polar surface area (TPSA) is 69.7 Å². The van der Waals surface area contributed by atoms with Crippen molar-refractivity contribution in [1.82, 2.24) is 0 Å². The van der Waals surface area contributed by atoms with E-state index in [-0.39, 0.29) is 25.6 Å². The van der Waals surface area contributed by atoms with Crippen LogP contribution in [0.4, 0.5) is 0 Å². The Morgan fingerprint density at radius 1 is 1.32 bits per heavy atom. The first-order valence-corrected chi connectivity index (χ1v) is 7.74. The van der Waals surface area contributed by atoms with Crippen molar-refractivity contribution in [1.29, 1.82) is 0 Å². The lowest BCUT2D eigenvalue weighted by molar-refractivity contribution is -0.118. The van der Waals surface area contributed by atoms with Gasteiger partial charge in [-0.1, -0.05) is 12.1 Å². The molecule has 1 saturated heterocycles. The summed E-state index contributed by atoms with van der Waals surface area (Å²) in [7, 11) is -3.24. The molecule has 0 atom stereocenters. The van der Waals surface area contributed by atoms with E-state index in [9.17, 15) is 13.2 Å². The molecule has 0 bridgehead atoms. The molecule has 0 spiro atoms. The lowest BCUT2D eigenvalue weighted by atomic mass is 9.96. The van der Waals surface area contributed by atoms with Gasteiger partial charge < -0.3 is 9.47 Å². The standard InChI is InChI=1S/C13H16O5S/c1-10(14)7-18-12-5-3-11(4-6-12)13(8-17-9-13)19(2,15)16/h3-6H,7-9H2,1-2H3. The predicted molar refractivity (Wildman–Crippen MR) is 70.0 cm³/mol. The second-order valence-corrected chi connectivity index (χ2v) is 7.10. The number of hydrogen-bond donors (Lipinski definition) is 0. The number of carbonyl (C=O) groups excluding carboxylic acids is 1. The summed E-state index contributed by atoms with van der Waals surface area (Å²) < 4.78 is 33.1. The summed E-state index contributed by atoms with van der Waals surface area (Å²) >= 11 is 0. The highest BCUT2D eigenvalue weighted by Crippen LogP contribution is 2.37. The second kappa shape index (κ2) is 4.94. The molecule has 0 N–H and O–H groups in total. The van der Waals surface area contributed by atoms with E-state index in [0.29, 0.717) is 11.3 Å². The van der Waals surface area contributed by atoms with Gasteiger partial charge in [0.25, 0.3) is 0 Å². The Morgan fingerprint density at radius 2 is 1.89 bits per heavy atom. The maximum atomic E-state index is 11.9. The molecule has 2 rings (SSSR count). The number of carbonyl (C=O) groups is 1. The van der Waals surface area contributed by atoms with Crippen molar-refractivity contribution in [2.24, 2.45) is 0 Å². The third-order valence-electron chi connectivity index (χ3n) is 3.20. The van der Waals surface area contributed by atoms with E-state index in [1.54, 1.807) is 24.3 Å². The van der Waals surface area contributed by atoms with E-state index in [1.165, 1.54) is 13.2 Å². The first-order chi connectivity index (χ1) is 8.85. The van der Waals surface area contributed by atoms with Crippen molar-refractivity contribution in [2.75, 3.05) is 26.1 Å². The van der Waals surface area contributed by atoms with E-state index >= 15 is 0 Å². The highest BCUT2D eigenvalue weighted by Gasteiger charge is 2.49. The van der Waals surface area contributed by atoms with Crippen LogP contribution in [0, 0.1) is 0 Å². The van der Waals surface area contributed by atoms with E-state index in [1.807, 2.05) is 0 Å². The number of sulfone groups is 1. The van der Waals surface area contributed by atoms with Crippen LogP contribution >= 0.6 is 0 Å². The number of rotatable bonds is 5. The minimum absolute atomic E-state index is 0.0136. The summed E-state index contributed by atoms with van der Waals surface area (Å²) in [6, 6.07) is 6.76. The molecule has 1 aromatic carbocycles. The van der Waals surface area contributed by atoms with Crippen molar-refractivity contribution in [2.45, 2.75) is 11.7 Å². The number of hydrogen-bond acceptors (Lipinski definition) is 5. The number of Topliss-reactive ketones (excluding diaryl/α,β-unsaturated/α-hetero) is 1. The molecule has 0 aliphatic carbocycles. The summed E-state index contributed by atoms with van der Waals surface area (Å²) in [6.45, 7) is 1.82. The Labute approximate surface area is 112 Å². The molecule has 6 heteroatoms. The van der Waals surface area contributed by atoms with Crippen molar-refractivity contribution >= 4 is 15.6 Å². The van der Waals surface area contributed by atoms with Gasteiger partial charge in [-0.2, -0.15) is 0 Å². The Bertz CT molecular complexity index is 570. The van der Waals surface area contributed by atoms with Crippen LogP contribution in [-0.2, 0) is 24.1 Å². The van der Waals surface area contributed by atoms with Crippen molar-refractivity contribution in [3.63, 3.8) is 0 Å². The average Bonchev–Trinajstić information content (AvgIpc) is 2.24. The highest BCUT2D eigenvalue weighted by atomic mass is 32.2. The summed E-state index contributed by atoms with van der Waals surface area (Å²) in [5, 5.41) is 0. The normalized spacial score (nSPS) is 17.6. The predicted octanol–water partition coefficient (Wildman–Crippen LogP) is 0.924. The summed E-state index contributed by atoms with van der Waals surface area (Å²) in [4.78, 5) is 10.8. The fourth-order valence-corrected chi connectivity index (χ4v) is 3.08. The zero-order valence-electron chi connectivity index (χ0n) is 10.9. The first-order valence-electron chi connectivity index (χ1n) is 5.85. The highest BCUT2D eigenvalue weighted by molar-refractivity contribution is 7.91. The zero-order valence-corrected chi connectivity index (χ0v) is 11.7. The molecule has 19 heavy (non-hydrogen) atoms. The second-order valence-electron chi connectivity index (χ2n) is 4.77. The quantitative estimate of drug-likeness (QED) is 0.804. The molecule has 1 fully saturated rings. The Morgan fingerprint density at radius 3 is 2.26 bits per heavy atom. The van der Waals surface area contributed by atoms with E-state index in [2.05, 4.69) is 0 Å². The summed E-state index contributed by atoms with van der Waals surface area (Å²) in [5.74, 6) is 0.479. The lowest BCUT2D eigenvalue weighted by Crippen LogP contribution is -2.52. The van der Waals surface area contributed by atoms with Crippen LogP contribution in [0.2, 0.25) is 0 Å². The third kappa shape index (κ3) is 2.64. The minimum atomic E-state index is -3.24. The molecule has 0 aromatic heterocycles. The maximum Gasteiger partial charge on any atom is 0.167 e. The molecule has 0 amide bonds. The molecule has 1 aliphatic rings. The number of ether oxygens (including phenoxy) is 2. The van der Waals surface area contributed by atoms with E-state index < -0.39 is 14.6 Å². The van der Waals surface area contributed by atoms with Gasteiger partial charge in [-0.05, 0) is 24.6 Å². The van der Waals surface area contributed by atoms with Crippen LogP contribution in [0.1, 0.15) is 12.5 Å². The van der Waals surface area contributed by atoms with Crippen molar-refractivity contribution in [3.8, 4) is 5.75 Å². The maximum absolute atomic E-state index is 11.9. The van der Waals surface area contributed by atoms with Crippen LogP contribution in [0.5, 0.6) is 5.75 Å². The van der Waals surface area contributed by atoms with Gasteiger partial charge in [-0.3, -0.25) is 4.79 Å².